The van der Waals surface area contributed by atoms with Crippen molar-refractivity contribution in [1.29, 1.82) is 0 Å². The van der Waals surface area contributed by atoms with Crippen LogP contribution in [0.4, 0.5) is 0 Å². The van der Waals surface area contributed by atoms with Crippen LogP contribution in [0.3, 0.4) is 0 Å². The highest BCUT2D eigenvalue weighted by Crippen LogP contribution is 1.97. The summed E-state index contributed by atoms with van der Waals surface area (Å²) in [6.45, 7) is 0.635. The summed E-state index contributed by atoms with van der Waals surface area (Å²) in [5.74, 6) is 0. The molecule has 0 saturated carbocycles. The lowest BCUT2D eigenvalue weighted by Gasteiger charge is -1.90. The van der Waals surface area contributed by atoms with Gasteiger partial charge >= 0.3 is 0 Å². The van der Waals surface area contributed by atoms with E-state index in [-0.39, 0.29) is 0 Å². The van der Waals surface area contributed by atoms with Crippen molar-refractivity contribution in [2.45, 2.75) is 19.3 Å². The predicted octanol–water partition coefficient (Wildman–Crippen LogP) is 1.89. The van der Waals surface area contributed by atoms with Crippen LogP contribution in [0.2, 0.25) is 0 Å². The molecule has 0 unspecified atom stereocenters. The van der Waals surface area contributed by atoms with Crippen LogP contribution in [0.25, 0.3) is 0 Å². The average Bonchev–Trinajstić information content (AvgIpc) is 1.89. The topological polar surface area (TPSA) is 29.4 Å². The molecule has 0 aromatic rings. The van der Waals surface area contributed by atoms with Gasteiger partial charge in [0.15, 0.2) is 0 Å². The van der Waals surface area contributed by atoms with Gasteiger partial charge in [-0.3, -0.25) is 0 Å². The first-order valence-electron chi connectivity index (χ1n) is 3.01. The van der Waals surface area contributed by atoms with E-state index in [1.807, 2.05) is 0 Å². The Bertz CT molecular complexity index is 99.2. The second kappa shape index (κ2) is 7.86. The van der Waals surface area contributed by atoms with E-state index in [0.29, 0.717) is 6.54 Å². The summed E-state index contributed by atoms with van der Waals surface area (Å²) >= 11 is 3.31. The largest absolute Gasteiger partial charge is 0.234 e. The van der Waals surface area contributed by atoms with Crippen LogP contribution in [0, 0.1) is 0 Å². The fourth-order valence-electron chi connectivity index (χ4n) is 0.508. The van der Waals surface area contributed by atoms with Crippen molar-refractivity contribution in [1.82, 2.24) is 0 Å². The first-order chi connectivity index (χ1) is 4.41. The Balaban J connectivity index is 2.82. The summed E-state index contributed by atoms with van der Waals surface area (Å²) in [5, 5.41) is 1.04. The molecule has 0 heterocycles. The van der Waals surface area contributed by atoms with E-state index < -0.39 is 0 Å². The average molecular weight is 192 g/mol. The molecule has 0 aromatic carbocycles. The van der Waals surface area contributed by atoms with Crippen molar-refractivity contribution in [3.05, 3.63) is 0 Å². The van der Waals surface area contributed by atoms with Crippen molar-refractivity contribution in [2.24, 2.45) is 4.99 Å². The molecular formula is C6H10BrNO. The van der Waals surface area contributed by atoms with Crippen LogP contribution in [-0.2, 0) is 4.79 Å². The van der Waals surface area contributed by atoms with Gasteiger partial charge in [-0.05, 0) is 12.8 Å². The summed E-state index contributed by atoms with van der Waals surface area (Å²) in [6.07, 6.45) is 4.81. The van der Waals surface area contributed by atoms with Gasteiger partial charge in [-0.1, -0.05) is 22.4 Å². The number of isocyanates is 1. The number of hydrogen-bond donors (Lipinski definition) is 0. The van der Waals surface area contributed by atoms with E-state index in [4.69, 9.17) is 0 Å². The molecule has 3 heteroatoms. The van der Waals surface area contributed by atoms with Crippen LogP contribution in [0.15, 0.2) is 4.99 Å². The van der Waals surface area contributed by atoms with E-state index in [1.54, 1.807) is 0 Å². The Morgan fingerprint density at radius 2 is 2.11 bits per heavy atom. The molecule has 0 aliphatic carbocycles. The summed E-state index contributed by atoms with van der Waals surface area (Å²) < 4.78 is 0. The minimum atomic E-state index is 0.635. The number of carbonyl (C=O) groups excluding carboxylic acids is 1. The molecule has 0 amide bonds. The SMILES string of the molecule is O=C=NCCCCCBr. The van der Waals surface area contributed by atoms with Crippen LogP contribution < -0.4 is 0 Å². The van der Waals surface area contributed by atoms with Crippen molar-refractivity contribution < 1.29 is 4.79 Å². The Hall–Kier alpha value is -0.140. The third-order valence-electron chi connectivity index (χ3n) is 0.968. The lowest BCUT2D eigenvalue weighted by Crippen LogP contribution is -1.81. The minimum absolute atomic E-state index is 0.635. The molecule has 0 fully saturated rings. The molecule has 0 atom stereocenters. The lowest BCUT2D eigenvalue weighted by molar-refractivity contribution is 0.561. The molecular weight excluding hydrogens is 182 g/mol. The zero-order valence-electron chi connectivity index (χ0n) is 5.27. The van der Waals surface area contributed by atoms with Gasteiger partial charge in [0.1, 0.15) is 0 Å². The van der Waals surface area contributed by atoms with E-state index >= 15 is 0 Å². The van der Waals surface area contributed by atoms with Crippen LogP contribution >= 0.6 is 15.9 Å². The summed E-state index contributed by atoms with van der Waals surface area (Å²) in [6, 6.07) is 0. The zero-order valence-corrected chi connectivity index (χ0v) is 6.85. The van der Waals surface area contributed by atoms with Gasteiger partial charge in [0.25, 0.3) is 0 Å². The molecule has 0 aliphatic heterocycles. The summed E-state index contributed by atoms with van der Waals surface area (Å²) in [4.78, 5) is 13.0. The Morgan fingerprint density at radius 3 is 2.67 bits per heavy atom. The number of unbranched alkanes of at least 4 members (excludes halogenated alkanes) is 2. The van der Waals surface area contributed by atoms with Gasteiger partial charge in [0, 0.05) is 5.33 Å². The molecule has 9 heavy (non-hydrogen) atoms. The lowest BCUT2D eigenvalue weighted by atomic mass is 10.2. The highest BCUT2D eigenvalue weighted by molar-refractivity contribution is 9.09. The Morgan fingerprint density at radius 1 is 1.33 bits per heavy atom. The molecule has 0 spiro atoms. The van der Waals surface area contributed by atoms with Crippen molar-refractivity contribution in [3.8, 4) is 0 Å². The highest BCUT2D eigenvalue weighted by atomic mass is 79.9. The first-order valence-corrected chi connectivity index (χ1v) is 4.13. The molecule has 0 radical (unpaired) electrons. The molecule has 0 saturated heterocycles. The fourth-order valence-corrected chi connectivity index (χ4v) is 0.904. The number of alkyl halides is 1. The van der Waals surface area contributed by atoms with Gasteiger partial charge in [0.2, 0.25) is 6.08 Å². The standard InChI is InChI=1S/C6H10BrNO/c7-4-2-1-3-5-8-6-9/h1-5H2. The van der Waals surface area contributed by atoms with Gasteiger partial charge in [0.05, 0.1) is 6.54 Å². The molecule has 0 N–H and O–H groups in total. The maximum Gasteiger partial charge on any atom is 0.234 e. The maximum atomic E-state index is 9.54. The third-order valence-corrected chi connectivity index (χ3v) is 1.53. The van der Waals surface area contributed by atoms with E-state index in [2.05, 4.69) is 20.9 Å². The molecule has 2 nitrogen and oxygen atoms in total. The van der Waals surface area contributed by atoms with Crippen LogP contribution in [0.5, 0.6) is 0 Å². The molecule has 0 bridgehead atoms. The quantitative estimate of drug-likeness (QED) is 0.283. The molecule has 0 rings (SSSR count). The third kappa shape index (κ3) is 7.86. The maximum absolute atomic E-state index is 9.54. The number of hydrogen-bond acceptors (Lipinski definition) is 2. The van der Waals surface area contributed by atoms with Gasteiger partial charge in [-0.15, -0.1) is 0 Å². The summed E-state index contributed by atoms with van der Waals surface area (Å²) in [7, 11) is 0. The van der Waals surface area contributed by atoms with Gasteiger partial charge in [-0.2, -0.15) is 0 Å². The number of rotatable bonds is 5. The van der Waals surface area contributed by atoms with E-state index in [9.17, 15) is 4.79 Å². The van der Waals surface area contributed by atoms with E-state index in [1.165, 1.54) is 6.08 Å². The van der Waals surface area contributed by atoms with Crippen molar-refractivity contribution >= 4 is 22.0 Å². The predicted molar refractivity (Wildman–Crippen MR) is 40.6 cm³/mol. The van der Waals surface area contributed by atoms with Crippen LogP contribution in [0.1, 0.15) is 19.3 Å². The minimum Gasteiger partial charge on any atom is -0.211 e. The van der Waals surface area contributed by atoms with Gasteiger partial charge in [-0.25, -0.2) is 9.79 Å². The molecule has 0 aromatic heterocycles. The second-order valence-electron chi connectivity index (χ2n) is 1.72. The highest BCUT2D eigenvalue weighted by Gasteiger charge is 1.84. The van der Waals surface area contributed by atoms with Crippen molar-refractivity contribution in [3.63, 3.8) is 0 Å². The Labute approximate surface area is 63.5 Å². The Kier molecular flexibility index (Phi) is 7.74. The second-order valence-corrected chi connectivity index (χ2v) is 2.52. The van der Waals surface area contributed by atoms with Crippen LogP contribution in [-0.4, -0.2) is 18.0 Å². The first kappa shape index (κ1) is 8.86. The van der Waals surface area contributed by atoms with E-state index in [0.717, 1.165) is 24.6 Å². The number of halogens is 1. The zero-order chi connectivity index (χ0) is 6.95. The number of aliphatic imine (C=N–C) groups is 1. The molecule has 0 aliphatic rings. The van der Waals surface area contributed by atoms with Gasteiger partial charge < -0.3 is 0 Å². The smallest absolute Gasteiger partial charge is 0.211 e. The van der Waals surface area contributed by atoms with Crippen molar-refractivity contribution in [2.75, 3.05) is 11.9 Å². The molecule has 52 valence electrons. The fraction of sp³-hybridized carbons (Fsp3) is 0.833. The summed E-state index contributed by atoms with van der Waals surface area (Å²) in [5.41, 5.74) is 0. The normalized spacial score (nSPS) is 8.56. The number of nitrogens with zero attached hydrogens (tertiary/aromatic N) is 1. The monoisotopic (exact) mass is 191 g/mol.